The fourth-order valence-electron chi connectivity index (χ4n) is 13.2. The summed E-state index contributed by atoms with van der Waals surface area (Å²) in [7, 11) is -1.05. The molecule has 82 heavy (non-hydrogen) atoms. The van der Waals surface area contributed by atoms with Crippen molar-refractivity contribution in [2.24, 2.45) is 11.7 Å². The second-order valence-electron chi connectivity index (χ2n) is 28.1. The van der Waals surface area contributed by atoms with E-state index in [1.165, 1.54) is 0 Å². The highest BCUT2D eigenvalue weighted by Crippen LogP contribution is 2.46. The molecular weight excluding hydrogens is 1080 g/mol. The first kappa shape index (κ1) is 64.3. The van der Waals surface area contributed by atoms with Gasteiger partial charge in [-0.3, -0.25) is 4.79 Å². The summed E-state index contributed by atoms with van der Waals surface area (Å²) in [6.07, 6.45) is -0.970. The van der Waals surface area contributed by atoms with Crippen LogP contribution in [0.15, 0.2) is 48.6 Å². The molecule has 19 heteroatoms. The van der Waals surface area contributed by atoms with E-state index in [0.717, 1.165) is 36.0 Å². The first-order valence-electron chi connectivity index (χ1n) is 31.0. The number of nitrogens with two attached hydrogens (primary N) is 1. The van der Waals surface area contributed by atoms with Gasteiger partial charge in [-0.2, -0.15) is 0 Å². The Labute approximate surface area is 492 Å². The summed E-state index contributed by atoms with van der Waals surface area (Å²) in [6, 6.07) is 6.84. The number of fused-ring (bicyclic) bond motifs is 3. The maximum Gasteiger partial charge on any atom is 0.308 e. The number of carbonyl (C=O) groups excluding carboxylic acids is 1. The molecule has 3 N–H and O–H groups in total. The highest BCUT2D eigenvalue weighted by molar-refractivity contribution is 6.74. The molecule has 10 heterocycles. The summed E-state index contributed by atoms with van der Waals surface area (Å²) in [6.45, 7) is 34.4. The van der Waals surface area contributed by atoms with Crippen LogP contribution in [0.5, 0.6) is 5.75 Å². The molecule has 21 atom stereocenters. The lowest BCUT2D eigenvalue weighted by Crippen LogP contribution is -2.68. The monoisotopic (exact) mass is 1190 g/mol. The molecule has 17 nitrogen and oxygen atoms in total. The summed E-state index contributed by atoms with van der Waals surface area (Å²) in [4.78, 5) is 14.6. The van der Waals surface area contributed by atoms with Gasteiger partial charge >= 0.3 is 5.97 Å². The van der Waals surface area contributed by atoms with Crippen LogP contribution in [0, 0.1) is 5.92 Å². The standard InChI is InChI=1S/C63H103NO16Si2/c1-36-28-41-20-23-44-37(2)29-42(71-44)21-24-45-54(34-65)78-61(39-16-18-40(67-10)19-17-39)69-35-55(74-45)49-32-51(68-11)58-47(75-49)25-22-43(73-58)30-56(66)79-60-52(31-48(72-41)38(36)3)76-53-33-50(80-82(14,15)63(7,8)9)46(77-59(53)57(60)64)26-27-70-81(12,13)62(4,5)6/h16-19,36,41-55,57-61,65H,2-3,20-35,64H2,1,4-15H3/t36-,41?,42?,43?,44?,45-,46?,47?,48?,49?,50?,51?,52+,53+,54?,55?,57+,58?,59-,60?,61?/m1/s1. The Balaban J connectivity index is 0.986. The summed E-state index contributed by atoms with van der Waals surface area (Å²) in [5.74, 6) is 0.447. The lowest BCUT2D eigenvalue weighted by molar-refractivity contribution is -0.294. The number of ether oxygens (including phenoxy) is 12. The average molecular weight is 1190 g/mol. The van der Waals surface area contributed by atoms with Gasteiger partial charge in [0.2, 0.25) is 0 Å². The highest BCUT2D eigenvalue weighted by Gasteiger charge is 2.55. The molecule has 10 fully saturated rings. The van der Waals surface area contributed by atoms with Crippen LogP contribution in [-0.4, -0.2) is 178 Å². The molecule has 10 aliphatic heterocycles. The first-order valence-corrected chi connectivity index (χ1v) is 36.8. The number of rotatable bonds is 10. The number of carbonyl (C=O) groups is 1. The number of aliphatic hydroxyl groups is 1. The van der Waals surface area contributed by atoms with Crippen LogP contribution < -0.4 is 10.5 Å². The Bertz CT molecular complexity index is 2280. The summed E-state index contributed by atoms with van der Waals surface area (Å²) in [5.41, 5.74) is 10.3. The van der Waals surface area contributed by atoms with E-state index in [9.17, 15) is 9.90 Å². The van der Waals surface area contributed by atoms with Gasteiger partial charge in [0.25, 0.3) is 0 Å². The van der Waals surface area contributed by atoms with E-state index in [4.69, 9.17) is 71.4 Å². The summed E-state index contributed by atoms with van der Waals surface area (Å²) in [5, 5.41) is 11.0. The van der Waals surface area contributed by atoms with Gasteiger partial charge in [-0.05, 0) is 123 Å². The van der Waals surface area contributed by atoms with E-state index >= 15 is 0 Å². The molecule has 10 saturated heterocycles. The average Bonchev–Trinajstić information content (AvgIpc) is 3.95. The van der Waals surface area contributed by atoms with Gasteiger partial charge in [-0.15, -0.1) is 0 Å². The van der Waals surface area contributed by atoms with E-state index in [2.05, 4.69) is 87.8 Å². The Morgan fingerprint density at radius 2 is 1.28 bits per heavy atom. The van der Waals surface area contributed by atoms with Crippen LogP contribution in [0.1, 0.15) is 144 Å². The van der Waals surface area contributed by atoms with Crippen molar-refractivity contribution in [2.45, 2.75) is 290 Å². The molecule has 15 unspecified atom stereocenters. The molecule has 1 aromatic rings. The van der Waals surface area contributed by atoms with Gasteiger partial charge < -0.3 is 76.5 Å². The molecule has 0 aliphatic carbocycles. The van der Waals surface area contributed by atoms with Crippen LogP contribution in [0.3, 0.4) is 0 Å². The maximum atomic E-state index is 14.6. The minimum atomic E-state index is -2.29. The predicted molar refractivity (Wildman–Crippen MR) is 316 cm³/mol. The van der Waals surface area contributed by atoms with Crippen LogP contribution in [0.25, 0.3) is 0 Å². The fourth-order valence-corrected chi connectivity index (χ4v) is 15.6. The van der Waals surface area contributed by atoms with E-state index < -0.39 is 96.0 Å². The zero-order chi connectivity index (χ0) is 59.1. The normalized spacial score (nSPS) is 40.4. The predicted octanol–water partition coefficient (Wildman–Crippen LogP) is 9.96. The highest BCUT2D eigenvalue weighted by atomic mass is 28.4. The first-order chi connectivity index (χ1) is 38.7. The molecule has 0 spiro atoms. The van der Waals surface area contributed by atoms with Crippen molar-refractivity contribution in [2.75, 3.05) is 34.0 Å². The number of esters is 1. The Hall–Kier alpha value is -2.16. The van der Waals surface area contributed by atoms with E-state index in [-0.39, 0.29) is 84.5 Å². The minimum Gasteiger partial charge on any atom is -0.497 e. The summed E-state index contributed by atoms with van der Waals surface area (Å²) >= 11 is 0. The third kappa shape index (κ3) is 14.9. The topological polar surface area (TPSA) is 193 Å². The van der Waals surface area contributed by atoms with Crippen molar-refractivity contribution >= 4 is 22.6 Å². The van der Waals surface area contributed by atoms with Crippen molar-refractivity contribution in [1.82, 2.24) is 0 Å². The molecule has 0 aromatic heterocycles. The molecule has 11 rings (SSSR count). The van der Waals surface area contributed by atoms with E-state index in [1.54, 1.807) is 14.2 Å². The lowest BCUT2D eigenvalue weighted by Gasteiger charge is -2.53. The third-order valence-electron chi connectivity index (χ3n) is 20.4. The van der Waals surface area contributed by atoms with Crippen LogP contribution in [0.4, 0.5) is 0 Å². The Morgan fingerprint density at radius 3 is 1.96 bits per heavy atom. The maximum absolute atomic E-state index is 14.6. The fraction of sp³-hybridized carbons (Fsp3) is 0.825. The lowest BCUT2D eigenvalue weighted by atomic mass is 9.81. The van der Waals surface area contributed by atoms with Crippen molar-refractivity contribution in [1.29, 1.82) is 0 Å². The third-order valence-corrected chi connectivity index (χ3v) is 29.4. The van der Waals surface area contributed by atoms with Gasteiger partial charge in [-0.1, -0.05) is 73.8 Å². The minimum absolute atomic E-state index is 0.00163. The van der Waals surface area contributed by atoms with Crippen molar-refractivity contribution in [3.8, 4) is 5.75 Å². The molecule has 0 radical (unpaired) electrons. The zero-order valence-electron chi connectivity index (χ0n) is 51.8. The van der Waals surface area contributed by atoms with Crippen LogP contribution in [0.2, 0.25) is 36.3 Å². The van der Waals surface area contributed by atoms with E-state index in [1.807, 2.05) is 24.3 Å². The quantitative estimate of drug-likeness (QED) is 0.128. The van der Waals surface area contributed by atoms with Gasteiger partial charge in [0, 0.05) is 38.5 Å². The molecule has 0 amide bonds. The van der Waals surface area contributed by atoms with Crippen molar-refractivity contribution in [3.05, 3.63) is 54.1 Å². The van der Waals surface area contributed by atoms with Gasteiger partial charge in [0.05, 0.1) is 112 Å². The van der Waals surface area contributed by atoms with Gasteiger partial charge in [0.1, 0.15) is 36.3 Å². The smallest absolute Gasteiger partial charge is 0.308 e. The number of hydrogen-bond acceptors (Lipinski definition) is 17. The Morgan fingerprint density at radius 1 is 0.646 bits per heavy atom. The number of hydrogen-bond donors (Lipinski definition) is 2. The largest absolute Gasteiger partial charge is 0.497 e. The van der Waals surface area contributed by atoms with Crippen molar-refractivity contribution in [3.63, 3.8) is 0 Å². The SMILES string of the molecule is C=C1CC2CC[C@H]3OC(COC(c4ccc(OC)cc4)OC3CO)C3CC(OC)C4OC(CCC4O3)CC(=O)OC3[C@H](CC4OC(CCC1O2)C[C@@H](C)C4=C)O[C@H]1CC(O[Si](C)(C)C(C)(C)C)C(CCO[Si](C)(C)C(C)(C)C)O[C@H]1[C@@H]3N. The Kier molecular flexibility index (Phi) is 20.9. The molecule has 0 saturated carbocycles. The molecular formula is C63H103NO16Si2. The van der Waals surface area contributed by atoms with Gasteiger partial charge in [0.15, 0.2) is 22.9 Å². The summed E-state index contributed by atoms with van der Waals surface area (Å²) < 4.78 is 94.6. The second-order valence-corrected chi connectivity index (χ2v) is 37.7. The molecule has 10 aliphatic rings. The molecule has 1 aromatic carbocycles. The molecule has 464 valence electrons. The van der Waals surface area contributed by atoms with Crippen LogP contribution >= 0.6 is 0 Å². The number of aliphatic hydroxyl groups excluding tert-OH is 1. The van der Waals surface area contributed by atoms with Crippen molar-refractivity contribution < 1.29 is 75.6 Å². The number of benzene rings is 1. The second kappa shape index (κ2) is 26.7. The number of methoxy groups -OCH3 is 2. The van der Waals surface area contributed by atoms with E-state index in [0.29, 0.717) is 70.1 Å². The zero-order valence-corrected chi connectivity index (χ0v) is 53.8. The molecule has 10 bridgehead atoms. The van der Waals surface area contributed by atoms with Crippen LogP contribution in [-0.2, 0) is 65.8 Å². The van der Waals surface area contributed by atoms with Gasteiger partial charge in [-0.25, -0.2) is 0 Å².